The van der Waals surface area contributed by atoms with Crippen molar-refractivity contribution >= 4 is 12.0 Å². The number of hydrogen-bond donors (Lipinski definition) is 0. The Morgan fingerprint density at radius 1 is 1.17 bits per heavy atom. The van der Waals surface area contributed by atoms with Gasteiger partial charge in [-0.15, -0.1) is 0 Å². The Labute approximate surface area is 134 Å². The second-order valence-electron chi connectivity index (χ2n) is 4.74. The number of carbonyl (C=O) groups excluding carboxylic acids is 1. The summed E-state index contributed by atoms with van der Waals surface area (Å²) >= 11 is 0. The highest BCUT2D eigenvalue weighted by Crippen LogP contribution is 2.15. The summed E-state index contributed by atoms with van der Waals surface area (Å²) in [7, 11) is 0. The van der Waals surface area contributed by atoms with Crippen LogP contribution >= 0.6 is 0 Å². The Bertz CT molecular complexity index is 690. The van der Waals surface area contributed by atoms with Crippen molar-refractivity contribution in [1.29, 1.82) is 0 Å². The van der Waals surface area contributed by atoms with Crippen LogP contribution in [0, 0.1) is 5.82 Å². The molecule has 4 heteroatoms. The zero-order chi connectivity index (χ0) is 16.5. The van der Waals surface area contributed by atoms with E-state index < -0.39 is 5.97 Å². The molecule has 0 N–H and O–H groups in total. The van der Waals surface area contributed by atoms with Crippen molar-refractivity contribution in [2.24, 2.45) is 0 Å². The van der Waals surface area contributed by atoms with E-state index in [-0.39, 0.29) is 12.4 Å². The summed E-state index contributed by atoms with van der Waals surface area (Å²) in [6.07, 6.45) is 4.52. The first-order valence-corrected chi connectivity index (χ1v) is 7.10. The summed E-state index contributed by atoms with van der Waals surface area (Å²) in [5.41, 5.74) is 1.61. The van der Waals surface area contributed by atoms with Crippen molar-refractivity contribution < 1.29 is 18.7 Å². The lowest BCUT2D eigenvalue weighted by atomic mass is 10.2. The minimum Gasteiger partial charge on any atom is -0.489 e. The SMILES string of the molecule is C=CCOC(=O)/C=C/c1ccc(OCc2cccc(F)c2)cc1. The standard InChI is InChI=1S/C19H17FO3/c1-2-12-22-19(21)11-8-15-6-9-18(10-7-15)23-14-16-4-3-5-17(20)13-16/h2-11,13H,1,12,14H2/b11-8+. The van der Waals surface area contributed by atoms with E-state index in [2.05, 4.69) is 6.58 Å². The van der Waals surface area contributed by atoms with Crippen LogP contribution in [-0.2, 0) is 16.1 Å². The first-order valence-electron chi connectivity index (χ1n) is 7.10. The predicted molar refractivity (Wildman–Crippen MR) is 87.4 cm³/mol. The Kier molecular flexibility index (Phi) is 6.12. The van der Waals surface area contributed by atoms with E-state index in [4.69, 9.17) is 9.47 Å². The fourth-order valence-corrected chi connectivity index (χ4v) is 1.82. The normalized spacial score (nSPS) is 10.5. The number of carbonyl (C=O) groups is 1. The van der Waals surface area contributed by atoms with E-state index in [1.54, 1.807) is 30.3 Å². The van der Waals surface area contributed by atoms with Gasteiger partial charge in [-0.3, -0.25) is 0 Å². The smallest absolute Gasteiger partial charge is 0.331 e. The average molecular weight is 312 g/mol. The zero-order valence-corrected chi connectivity index (χ0v) is 12.6. The number of ether oxygens (including phenoxy) is 2. The quantitative estimate of drug-likeness (QED) is 0.438. The first kappa shape index (κ1) is 16.5. The van der Waals surface area contributed by atoms with Gasteiger partial charge in [0.05, 0.1) is 0 Å². The third-order valence-electron chi connectivity index (χ3n) is 2.93. The number of esters is 1. The maximum atomic E-state index is 13.1. The molecule has 3 nitrogen and oxygen atoms in total. The molecule has 0 fully saturated rings. The molecule has 0 bridgehead atoms. The maximum Gasteiger partial charge on any atom is 0.331 e. The molecular formula is C19H17FO3. The molecule has 0 aliphatic carbocycles. The second-order valence-corrected chi connectivity index (χ2v) is 4.74. The van der Waals surface area contributed by atoms with Crippen molar-refractivity contribution in [3.8, 4) is 5.75 Å². The number of benzene rings is 2. The van der Waals surface area contributed by atoms with E-state index in [1.165, 1.54) is 24.3 Å². The summed E-state index contributed by atoms with van der Waals surface area (Å²) < 4.78 is 23.5. The van der Waals surface area contributed by atoms with Crippen LogP contribution in [0.2, 0.25) is 0 Å². The molecule has 0 aromatic heterocycles. The molecule has 23 heavy (non-hydrogen) atoms. The molecule has 0 heterocycles. The molecule has 2 rings (SSSR count). The number of hydrogen-bond acceptors (Lipinski definition) is 3. The third-order valence-corrected chi connectivity index (χ3v) is 2.93. The molecule has 0 aliphatic rings. The van der Waals surface area contributed by atoms with E-state index in [9.17, 15) is 9.18 Å². The van der Waals surface area contributed by atoms with Gasteiger partial charge in [0.25, 0.3) is 0 Å². The fraction of sp³-hybridized carbons (Fsp3) is 0.105. The Hall–Kier alpha value is -2.88. The minimum absolute atomic E-state index is 0.191. The van der Waals surface area contributed by atoms with Gasteiger partial charge in [0.2, 0.25) is 0 Å². The van der Waals surface area contributed by atoms with E-state index >= 15 is 0 Å². The fourth-order valence-electron chi connectivity index (χ4n) is 1.82. The highest BCUT2D eigenvalue weighted by atomic mass is 19.1. The van der Waals surface area contributed by atoms with Gasteiger partial charge < -0.3 is 9.47 Å². The predicted octanol–water partition coefficient (Wildman–Crippen LogP) is 4.15. The molecule has 0 aliphatic heterocycles. The van der Waals surface area contributed by atoms with Gasteiger partial charge in [-0.05, 0) is 41.5 Å². The average Bonchev–Trinajstić information content (AvgIpc) is 2.57. The van der Waals surface area contributed by atoms with E-state index in [0.29, 0.717) is 12.4 Å². The zero-order valence-electron chi connectivity index (χ0n) is 12.6. The molecule has 0 spiro atoms. The Morgan fingerprint density at radius 2 is 1.96 bits per heavy atom. The van der Waals surface area contributed by atoms with Crippen LogP contribution in [0.25, 0.3) is 6.08 Å². The van der Waals surface area contributed by atoms with Crippen molar-refractivity contribution in [2.45, 2.75) is 6.61 Å². The largest absolute Gasteiger partial charge is 0.489 e. The van der Waals surface area contributed by atoms with E-state index in [1.807, 2.05) is 12.1 Å². The van der Waals surface area contributed by atoms with Crippen LogP contribution in [0.1, 0.15) is 11.1 Å². The molecule has 0 radical (unpaired) electrons. The van der Waals surface area contributed by atoms with Gasteiger partial charge in [0, 0.05) is 6.08 Å². The van der Waals surface area contributed by atoms with Crippen LogP contribution in [0.15, 0.2) is 67.3 Å². The molecule has 118 valence electrons. The molecule has 0 atom stereocenters. The molecule has 0 amide bonds. The van der Waals surface area contributed by atoms with E-state index in [0.717, 1.165) is 11.1 Å². The summed E-state index contributed by atoms with van der Waals surface area (Å²) in [6, 6.07) is 13.5. The monoisotopic (exact) mass is 312 g/mol. The van der Waals surface area contributed by atoms with Crippen LogP contribution in [-0.4, -0.2) is 12.6 Å². The van der Waals surface area contributed by atoms with Gasteiger partial charge in [0.15, 0.2) is 0 Å². The summed E-state index contributed by atoms with van der Waals surface area (Å²) in [4.78, 5) is 11.3. The molecule has 2 aromatic carbocycles. The van der Waals surface area contributed by atoms with Crippen LogP contribution in [0.4, 0.5) is 4.39 Å². The second kappa shape index (κ2) is 8.54. The molecule has 0 saturated carbocycles. The lowest BCUT2D eigenvalue weighted by Crippen LogP contribution is -1.99. The summed E-state index contributed by atoms with van der Waals surface area (Å²) in [5, 5.41) is 0. The third kappa shape index (κ3) is 5.79. The van der Waals surface area contributed by atoms with Gasteiger partial charge in [0.1, 0.15) is 24.8 Å². The molecule has 0 unspecified atom stereocenters. The van der Waals surface area contributed by atoms with Gasteiger partial charge in [-0.2, -0.15) is 0 Å². The van der Waals surface area contributed by atoms with Gasteiger partial charge in [-0.1, -0.05) is 36.9 Å². The maximum absolute atomic E-state index is 13.1. The van der Waals surface area contributed by atoms with Crippen LogP contribution in [0.3, 0.4) is 0 Å². The van der Waals surface area contributed by atoms with Crippen LogP contribution < -0.4 is 4.74 Å². The van der Waals surface area contributed by atoms with Crippen molar-refractivity contribution in [3.05, 3.63) is 84.2 Å². The van der Waals surface area contributed by atoms with Gasteiger partial charge in [-0.25, -0.2) is 9.18 Å². The minimum atomic E-state index is -0.420. The summed E-state index contributed by atoms with van der Waals surface area (Å²) in [6.45, 7) is 3.95. The summed E-state index contributed by atoms with van der Waals surface area (Å²) in [5.74, 6) is -0.0353. The lowest BCUT2D eigenvalue weighted by Gasteiger charge is -2.06. The Morgan fingerprint density at radius 3 is 2.65 bits per heavy atom. The van der Waals surface area contributed by atoms with Crippen molar-refractivity contribution in [3.63, 3.8) is 0 Å². The molecular weight excluding hydrogens is 295 g/mol. The Balaban J connectivity index is 1.88. The number of halogens is 1. The highest BCUT2D eigenvalue weighted by Gasteiger charge is 1.99. The molecule has 0 saturated heterocycles. The van der Waals surface area contributed by atoms with Crippen molar-refractivity contribution in [2.75, 3.05) is 6.61 Å². The van der Waals surface area contributed by atoms with Crippen molar-refractivity contribution in [1.82, 2.24) is 0 Å². The lowest BCUT2D eigenvalue weighted by molar-refractivity contribution is -0.136. The first-order chi connectivity index (χ1) is 11.2. The number of rotatable bonds is 7. The topological polar surface area (TPSA) is 35.5 Å². The highest BCUT2D eigenvalue weighted by molar-refractivity contribution is 5.87. The molecule has 2 aromatic rings. The van der Waals surface area contributed by atoms with Crippen LogP contribution in [0.5, 0.6) is 5.75 Å². The van der Waals surface area contributed by atoms with Gasteiger partial charge >= 0.3 is 5.97 Å².